The molecule has 2 aromatic heterocycles. The van der Waals surface area contributed by atoms with Crippen molar-refractivity contribution in [2.45, 2.75) is 141 Å². The first-order chi connectivity index (χ1) is 43.1. The summed E-state index contributed by atoms with van der Waals surface area (Å²) in [4.78, 5) is 72.4. The van der Waals surface area contributed by atoms with E-state index >= 15 is 0 Å². The smallest absolute Gasteiger partial charge is 0.410 e. The first kappa shape index (κ1) is 64.9. The van der Waals surface area contributed by atoms with Gasteiger partial charge in [-0.1, -0.05) is 75.3 Å². The lowest BCUT2D eigenvalue weighted by atomic mass is 10.0. The van der Waals surface area contributed by atoms with Gasteiger partial charge in [0.25, 0.3) is 5.91 Å². The number of anilines is 6. The Morgan fingerprint density at radius 2 is 1.70 bits per heavy atom. The molecule has 3 fully saturated rings. The molecule has 478 valence electrons. The van der Waals surface area contributed by atoms with Crippen LogP contribution in [-0.2, 0) is 36.7 Å². The van der Waals surface area contributed by atoms with Crippen molar-refractivity contribution in [3.8, 4) is 17.8 Å². The highest BCUT2D eigenvalue weighted by atomic mass is 35.5. The summed E-state index contributed by atoms with van der Waals surface area (Å²) in [5.74, 6) is 2.16. The van der Waals surface area contributed by atoms with Crippen LogP contribution in [0.2, 0.25) is 30.7 Å². The van der Waals surface area contributed by atoms with Crippen LogP contribution in [0.1, 0.15) is 93.3 Å². The second-order valence-corrected chi connectivity index (χ2v) is 30.9. The number of aromatic nitrogens is 4. The van der Waals surface area contributed by atoms with E-state index in [0.717, 1.165) is 110 Å². The molecule has 3 aromatic carbocycles. The van der Waals surface area contributed by atoms with Crippen molar-refractivity contribution in [3.63, 3.8) is 0 Å². The number of nitrogens with one attached hydrogen (secondary N) is 2. The molecule has 2 saturated heterocycles. The monoisotopic (exact) mass is 1260 g/mol. The molecule has 1 aliphatic carbocycles. The predicted molar refractivity (Wildman–Crippen MR) is 348 cm³/mol. The Hall–Kier alpha value is -7.07. The Balaban J connectivity index is 0.666. The number of amides is 3. The molecule has 4 atom stereocenters. The zero-order valence-electron chi connectivity index (χ0n) is 52.8. The lowest BCUT2D eigenvalue weighted by Crippen LogP contribution is -2.56. The molecule has 1 unspecified atom stereocenters. The van der Waals surface area contributed by atoms with Crippen LogP contribution in [0.5, 0.6) is 11.8 Å². The molecule has 5 aromatic rings. The molecule has 22 nitrogen and oxygen atoms in total. The van der Waals surface area contributed by atoms with Crippen molar-refractivity contribution in [1.29, 1.82) is 5.26 Å². The largest absolute Gasteiger partial charge is 0.495 e. The fourth-order valence-electron chi connectivity index (χ4n) is 12.9. The van der Waals surface area contributed by atoms with Gasteiger partial charge in [-0.15, -0.1) is 0 Å². The molecule has 89 heavy (non-hydrogen) atoms. The third kappa shape index (κ3) is 15.9. The standard InChI is InChI=1S/C65H88ClN13O9Si/c1-8-54-62(81)74(3)56-40-69-63(72-60(56)79(54)47-17-9-10-18-47)70-52-23-22-46(39-57(52)83-4)61(80)68-27-34-84-35-36-86-44(2)85-33-14-29-75-28-13-19-49(75)43-88-64-71-53-42-76(55-21-12-16-45-15-11-20-51(66)58(45)55)30-25-50(53)59(73-64)77-31-32-78(48(41-77)24-26-67)65(82)87-37-38-89(5,6)7/h11-12,15-16,20-23,39-40,44,47-49,54H,8-10,13-14,17-19,24-25,27-38,41-43H2,1-7H3,(H,68,80)(H,69,70,72)/t44?,48-,49-,54+/m0/s1. The normalized spacial score (nSPS) is 19.3. The maximum atomic E-state index is 13.4. The van der Waals surface area contributed by atoms with Crippen LogP contribution in [0.25, 0.3) is 10.8 Å². The van der Waals surface area contributed by atoms with Gasteiger partial charge in [0.1, 0.15) is 29.9 Å². The number of rotatable bonds is 27. The third-order valence-electron chi connectivity index (χ3n) is 17.7. The minimum absolute atomic E-state index is 0.0588. The number of hydrogen-bond acceptors (Lipinski definition) is 19. The summed E-state index contributed by atoms with van der Waals surface area (Å²) < 4.78 is 35.8. The number of hydrogen-bond donors (Lipinski definition) is 2. The summed E-state index contributed by atoms with van der Waals surface area (Å²) in [6, 6.07) is 20.7. The Kier molecular flexibility index (Phi) is 22.0. The van der Waals surface area contributed by atoms with Crippen molar-refractivity contribution in [2.24, 2.45) is 0 Å². The van der Waals surface area contributed by atoms with Gasteiger partial charge < -0.3 is 63.6 Å². The van der Waals surface area contributed by atoms with Gasteiger partial charge in [-0.2, -0.15) is 20.2 Å². The molecule has 5 aliphatic rings. The van der Waals surface area contributed by atoms with Crippen molar-refractivity contribution in [1.82, 2.24) is 35.1 Å². The number of fused-ring (bicyclic) bond motifs is 3. The van der Waals surface area contributed by atoms with Gasteiger partial charge in [-0.05, 0) is 100 Å². The molecule has 0 bridgehead atoms. The summed E-state index contributed by atoms with van der Waals surface area (Å²) in [5, 5.41) is 18.9. The predicted octanol–water partition coefficient (Wildman–Crippen LogP) is 9.83. The Labute approximate surface area is 529 Å². The number of carbonyl (C=O) groups is 3. The summed E-state index contributed by atoms with van der Waals surface area (Å²) in [6.45, 7) is 17.7. The van der Waals surface area contributed by atoms with Crippen LogP contribution in [0.4, 0.5) is 39.4 Å². The molecule has 1 saturated carbocycles. The molecular formula is C65H88ClN13O9Si. The Morgan fingerprint density at radius 1 is 0.888 bits per heavy atom. The molecule has 0 spiro atoms. The third-order valence-corrected chi connectivity index (χ3v) is 19.7. The van der Waals surface area contributed by atoms with E-state index in [9.17, 15) is 19.6 Å². The van der Waals surface area contributed by atoms with E-state index in [-0.39, 0.29) is 48.5 Å². The van der Waals surface area contributed by atoms with Gasteiger partial charge in [0, 0.05) is 88.7 Å². The van der Waals surface area contributed by atoms with Gasteiger partial charge in [0.2, 0.25) is 11.9 Å². The van der Waals surface area contributed by atoms with Crippen molar-refractivity contribution in [2.75, 3.05) is 125 Å². The summed E-state index contributed by atoms with van der Waals surface area (Å²) >= 11 is 6.85. The van der Waals surface area contributed by atoms with E-state index in [0.29, 0.717) is 125 Å². The molecular weight excluding hydrogens is 1170 g/mol. The molecule has 3 amide bonds. The van der Waals surface area contributed by atoms with E-state index in [2.05, 4.69) is 85.2 Å². The Morgan fingerprint density at radius 3 is 2.48 bits per heavy atom. The second kappa shape index (κ2) is 30.2. The van der Waals surface area contributed by atoms with Gasteiger partial charge in [-0.25, -0.2) is 9.78 Å². The highest BCUT2D eigenvalue weighted by Crippen LogP contribution is 2.42. The van der Waals surface area contributed by atoms with E-state index < -0.39 is 14.4 Å². The minimum Gasteiger partial charge on any atom is -0.495 e. The average molecular weight is 1260 g/mol. The minimum atomic E-state index is -1.41. The molecule has 4 aliphatic heterocycles. The van der Waals surface area contributed by atoms with E-state index in [1.54, 1.807) is 48.4 Å². The Bertz CT molecular complexity index is 3310. The lowest BCUT2D eigenvalue weighted by Gasteiger charge is -2.43. The van der Waals surface area contributed by atoms with E-state index in [4.69, 9.17) is 55.0 Å². The van der Waals surface area contributed by atoms with E-state index in [1.165, 1.54) is 0 Å². The molecule has 10 rings (SSSR count). The van der Waals surface area contributed by atoms with Gasteiger partial charge >= 0.3 is 12.1 Å². The number of likely N-dealkylation sites (N-methyl/N-ethyl adjacent to an activating group) is 1. The number of nitrogens with zero attached hydrogens (tertiary/aromatic N) is 11. The van der Waals surface area contributed by atoms with Crippen LogP contribution < -0.4 is 39.7 Å². The summed E-state index contributed by atoms with van der Waals surface area (Å²) in [5.41, 5.74) is 4.71. The van der Waals surface area contributed by atoms with Crippen LogP contribution in [-0.4, -0.2) is 186 Å². The van der Waals surface area contributed by atoms with Crippen molar-refractivity contribution in [3.05, 3.63) is 82.6 Å². The van der Waals surface area contributed by atoms with Crippen molar-refractivity contribution >= 4 is 83.0 Å². The lowest BCUT2D eigenvalue weighted by molar-refractivity contribution is -0.140. The number of halogens is 1. The highest BCUT2D eigenvalue weighted by molar-refractivity contribution is 6.76. The fourth-order valence-corrected chi connectivity index (χ4v) is 13.9. The zero-order chi connectivity index (χ0) is 62.6. The number of ether oxygens (including phenoxy) is 6. The first-order valence-electron chi connectivity index (χ1n) is 31.8. The van der Waals surface area contributed by atoms with Gasteiger partial charge in [0.05, 0.1) is 87.8 Å². The van der Waals surface area contributed by atoms with Crippen LogP contribution in [0, 0.1) is 11.3 Å². The maximum absolute atomic E-state index is 13.4. The summed E-state index contributed by atoms with van der Waals surface area (Å²) in [7, 11) is 1.92. The molecule has 24 heteroatoms. The number of likely N-dealkylation sites (tertiary alicyclic amines) is 1. The van der Waals surface area contributed by atoms with E-state index in [1.807, 2.05) is 26.0 Å². The van der Waals surface area contributed by atoms with Crippen LogP contribution in [0.3, 0.4) is 0 Å². The second-order valence-electron chi connectivity index (χ2n) is 24.9. The van der Waals surface area contributed by atoms with Gasteiger partial charge in [-0.3, -0.25) is 14.5 Å². The number of nitriles is 1. The molecule has 6 heterocycles. The van der Waals surface area contributed by atoms with Crippen LogP contribution in [0.15, 0.2) is 60.8 Å². The number of methoxy groups -OCH3 is 1. The topological polar surface area (TPSA) is 225 Å². The number of piperazine rings is 1. The molecule has 2 N–H and O–H groups in total. The SMILES string of the molecule is CC[C@@H]1C(=O)N(C)c2cnc(Nc3ccc(C(=O)NCCOCCOC(C)OCCCN4CCC[C@H]4COc4nc5c(c(N6CCN(C(=O)OCC[Si](C)(C)C)[C@@H](CC#N)C6)n4)CCN(c4cccc6cccc(Cl)c46)C5)cc3OC)nc2N1C1CCCC1. The summed E-state index contributed by atoms with van der Waals surface area (Å²) in [6.07, 6.45) is 9.62. The maximum Gasteiger partial charge on any atom is 0.410 e. The highest BCUT2D eigenvalue weighted by Gasteiger charge is 2.42. The first-order valence-corrected chi connectivity index (χ1v) is 35.9. The van der Waals surface area contributed by atoms with Crippen molar-refractivity contribution < 1.29 is 42.8 Å². The number of benzene rings is 3. The number of carbonyl (C=O) groups excluding carboxylic acids is 3. The quantitative estimate of drug-likeness (QED) is 0.0283. The van der Waals surface area contributed by atoms with Gasteiger partial charge in [0.15, 0.2) is 12.1 Å². The zero-order valence-corrected chi connectivity index (χ0v) is 54.6. The van der Waals surface area contributed by atoms with Crippen LogP contribution >= 0.6 is 11.6 Å². The average Bonchev–Trinajstić information content (AvgIpc) is 1.49. The molecule has 0 radical (unpaired) electrons. The fraction of sp³-hybridized carbons (Fsp3) is 0.569.